The average molecular weight is 1380 g/mol. The average Bonchev–Trinajstić information content (AvgIpc) is 0.981. The van der Waals surface area contributed by atoms with Gasteiger partial charge in [0.1, 0.15) is 10.9 Å². The van der Waals surface area contributed by atoms with Crippen molar-refractivity contribution in [1.82, 2.24) is 40.6 Å². The maximum atomic E-state index is 11.1. The maximum Gasteiger partial charge on any atom is 0.187 e. The van der Waals surface area contributed by atoms with Crippen molar-refractivity contribution < 1.29 is 20.1 Å². The van der Waals surface area contributed by atoms with Gasteiger partial charge >= 0.3 is 0 Å². The normalized spacial score (nSPS) is 18.1. The Morgan fingerprint density at radius 1 is 0.562 bits per heavy atom. The van der Waals surface area contributed by atoms with Gasteiger partial charge in [-0.2, -0.15) is 5.26 Å². The third-order valence-electron chi connectivity index (χ3n) is 18.0. The zero-order chi connectivity index (χ0) is 67.8. The summed E-state index contributed by atoms with van der Waals surface area (Å²) in [5, 5.41) is 58.2. The number of rotatable bonds is 25. The van der Waals surface area contributed by atoms with Crippen molar-refractivity contribution in [2.45, 2.75) is 133 Å². The van der Waals surface area contributed by atoms with E-state index in [2.05, 4.69) is 167 Å². The lowest BCUT2D eigenvalue weighted by molar-refractivity contribution is 0.0683. The SMILES string of the molecule is CC(C)(Cc1ccc2ccccc2c1)NC[C@H](O)[C@H]1CSCN1Cc1cc2ccccc2nc1Cl.CC(C)(Cc1nc2ccccc2s1)NC[C@H](O)[C@H]1CSCN1Cc1cccc(C#N)c1.[C-]#[N+]c1ccc(CN2CSC[C@@H]2[C@@H](O)CNC(C)(C)Cc2ccc(OC)cc2)cc1. The number of methoxy groups -OCH3 is 1. The van der Waals surface area contributed by atoms with Gasteiger partial charge in [-0.25, -0.2) is 14.8 Å². The van der Waals surface area contributed by atoms with Crippen molar-refractivity contribution in [2.75, 3.05) is 61.6 Å². The van der Waals surface area contributed by atoms with Gasteiger partial charge in [0, 0.05) is 126 Å². The second kappa shape index (κ2) is 34.1. The summed E-state index contributed by atoms with van der Waals surface area (Å²) in [6, 6.07) is 59.7. The van der Waals surface area contributed by atoms with E-state index >= 15 is 0 Å². The van der Waals surface area contributed by atoms with Gasteiger partial charge in [-0.3, -0.25) is 14.7 Å². The lowest BCUT2D eigenvalue weighted by atomic mass is 9.93. The topological polar surface area (TPSA) is 170 Å². The minimum Gasteiger partial charge on any atom is -0.497 e. The molecule has 3 aliphatic heterocycles. The summed E-state index contributed by atoms with van der Waals surface area (Å²) in [5.74, 6) is 6.32. The molecule has 0 spiro atoms. The van der Waals surface area contributed by atoms with E-state index in [4.69, 9.17) is 33.2 Å². The fraction of sp³-hybridized carbons (Fsp3) is 0.403. The number of thioether (sulfide) groups is 3. The first kappa shape index (κ1) is 72.6. The Morgan fingerprint density at radius 3 is 1.66 bits per heavy atom. The molecule has 0 radical (unpaired) electrons. The largest absolute Gasteiger partial charge is 0.497 e. The fourth-order valence-corrected chi connectivity index (χ4v) is 17.9. The van der Waals surface area contributed by atoms with Gasteiger partial charge in [-0.1, -0.05) is 133 Å². The van der Waals surface area contributed by atoms with Gasteiger partial charge < -0.3 is 36.0 Å². The Morgan fingerprint density at radius 2 is 1.07 bits per heavy atom. The molecular formula is C77H91ClN10O4S4. The number of nitrogens with one attached hydrogen (secondary N) is 3. The Labute approximate surface area is 589 Å². The summed E-state index contributed by atoms with van der Waals surface area (Å²) >= 11 is 13.8. The Bertz CT molecular complexity index is 4040. The highest BCUT2D eigenvalue weighted by molar-refractivity contribution is 7.99. The number of nitrogens with zero attached hydrogens (tertiary/aromatic N) is 7. The predicted octanol–water partition coefficient (Wildman–Crippen LogP) is 14.0. The number of hydrogen-bond acceptors (Lipinski definition) is 17. The van der Waals surface area contributed by atoms with Crippen LogP contribution >= 0.6 is 58.2 Å². The van der Waals surface area contributed by atoms with Crippen LogP contribution in [0, 0.1) is 17.9 Å². The quantitative estimate of drug-likeness (QED) is 0.0236. The van der Waals surface area contributed by atoms with Gasteiger partial charge in [0.05, 0.1) is 64.4 Å². The van der Waals surface area contributed by atoms with Crippen LogP contribution in [0.25, 0.3) is 36.7 Å². The van der Waals surface area contributed by atoms with Crippen LogP contribution in [0.5, 0.6) is 5.75 Å². The van der Waals surface area contributed by atoms with Crippen LogP contribution in [-0.2, 0) is 38.9 Å². The number of aromatic nitrogens is 2. The second-order valence-electron chi connectivity index (χ2n) is 27.3. The van der Waals surface area contributed by atoms with Gasteiger partial charge in [-0.15, -0.1) is 46.6 Å². The number of pyridine rings is 1. The third kappa shape index (κ3) is 20.7. The molecule has 14 nitrogen and oxygen atoms in total. The molecular weight excluding hydrogens is 1290 g/mol. The molecule has 5 heterocycles. The number of ether oxygens (including phenoxy) is 1. The van der Waals surface area contributed by atoms with Gasteiger partial charge in [0.2, 0.25) is 0 Å². The molecule has 9 aromatic rings. The molecule has 0 saturated carbocycles. The molecule has 504 valence electrons. The highest BCUT2D eigenvalue weighted by atomic mass is 35.5. The summed E-state index contributed by atoms with van der Waals surface area (Å²) in [5.41, 5.74) is 8.72. The van der Waals surface area contributed by atoms with Crippen molar-refractivity contribution in [2.24, 2.45) is 0 Å². The minimum atomic E-state index is -0.465. The molecule has 0 aliphatic carbocycles. The van der Waals surface area contributed by atoms with Crippen LogP contribution < -0.4 is 20.7 Å². The summed E-state index contributed by atoms with van der Waals surface area (Å²) in [6.07, 6.45) is 1.24. The molecule has 12 rings (SSSR count). The molecule has 0 amide bonds. The number of hydrogen-bond donors (Lipinski definition) is 6. The Kier molecular flexibility index (Phi) is 25.8. The van der Waals surface area contributed by atoms with Gasteiger partial charge in [-0.05, 0) is 136 Å². The van der Waals surface area contributed by atoms with Gasteiger partial charge in [0.25, 0.3) is 0 Å². The van der Waals surface area contributed by atoms with Crippen LogP contribution in [0.2, 0.25) is 5.15 Å². The summed E-state index contributed by atoms with van der Waals surface area (Å²) in [6.45, 7) is 24.0. The number of fused-ring (bicyclic) bond motifs is 3. The number of benzene rings is 7. The third-order valence-corrected chi connectivity index (χ3v) is 22.6. The molecule has 0 unspecified atom stereocenters. The second-order valence-corrected chi connectivity index (χ2v) is 31.8. The lowest BCUT2D eigenvalue weighted by Gasteiger charge is -2.32. The van der Waals surface area contributed by atoms with Crippen molar-refractivity contribution in [3.8, 4) is 11.8 Å². The molecule has 3 saturated heterocycles. The van der Waals surface area contributed by atoms with E-state index in [1.165, 1.54) is 32.2 Å². The van der Waals surface area contributed by atoms with Crippen LogP contribution in [0.3, 0.4) is 0 Å². The molecule has 2 aromatic heterocycles. The molecule has 6 atom stereocenters. The smallest absolute Gasteiger partial charge is 0.187 e. The van der Waals surface area contributed by atoms with Crippen LogP contribution in [-0.4, -0.2) is 155 Å². The Balaban J connectivity index is 0.000000157. The summed E-state index contributed by atoms with van der Waals surface area (Å²) in [4.78, 5) is 19.8. The fourth-order valence-electron chi connectivity index (χ4n) is 12.6. The van der Waals surface area contributed by atoms with E-state index in [9.17, 15) is 15.3 Å². The first-order valence-electron chi connectivity index (χ1n) is 32.9. The highest BCUT2D eigenvalue weighted by Crippen LogP contribution is 2.32. The van der Waals surface area contributed by atoms with Gasteiger partial charge in [0.15, 0.2) is 5.69 Å². The number of aliphatic hydroxyl groups excluding tert-OH is 3. The van der Waals surface area contributed by atoms with E-state index in [-0.39, 0.29) is 34.7 Å². The number of thiazole rings is 1. The summed E-state index contributed by atoms with van der Waals surface area (Å²) in [7, 11) is 1.68. The first-order chi connectivity index (χ1) is 46.2. The van der Waals surface area contributed by atoms with E-state index in [0.717, 1.165) is 106 Å². The number of para-hydroxylation sites is 2. The van der Waals surface area contributed by atoms with E-state index < -0.39 is 18.3 Å². The predicted molar refractivity (Wildman–Crippen MR) is 403 cm³/mol. The molecule has 19 heteroatoms. The van der Waals surface area contributed by atoms with Crippen molar-refractivity contribution in [3.63, 3.8) is 0 Å². The molecule has 3 aliphatic rings. The molecule has 0 bridgehead atoms. The van der Waals surface area contributed by atoms with Crippen molar-refractivity contribution >= 4 is 95.8 Å². The lowest BCUT2D eigenvalue weighted by Crippen LogP contribution is -2.50. The number of nitriles is 1. The molecule has 96 heavy (non-hydrogen) atoms. The number of halogens is 1. The van der Waals surface area contributed by atoms with Crippen molar-refractivity contribution in [1.29, 1.82) is 5.26 Å². The Hall–Kier alpha value is -6.14. The zero-order valence-electron chi connectivity index (χ0n) is 56.1. The van der Waals surface area contributed by atoms with Crippen LogP contribution in [0.4, 0.5) is 5.69 Å². The van der Waals surface area contributed by atoms with Crippen molar-refractivity contribution in [3.05, 3.63) is 225 Å². The van der Waals surface area contributed by atoms with E-state index in [1.54, 1.807) is 18.4 Å². The van der Waals surface area contributed by atoms with Crippen LogP contribution in [0.15, 0.2) is 170 Å². The number of β-amino-alcohol motifs (C(OH)–C–C–N with tert-alkyl or cyclic N) is 3. The van der Waals surface area contributed by atoms with Crippen LogP contribution in [0.1, 0.15) is 79.9 Å². The first-order valence-corrected chi connectivity index (χ1v) is 37.6. The highest BCUT2D eigenvalue weighted by Gasteiger charge is 2.36. The maximum absolute atomic E-state index is 11.1. The minimum absolute atomic E-state index is 0.0755. The molecule has 7 aromatic carbocycles. The number of aliphatic hydroxyl groups is 3. The van der Waals surface area contributed by atoms with E-state index in [1.807, 2.05) is 126 Å². The molecule has 3 fully saturated rings. The zero-order valence-corrected chi connectivity index (χ0v) is 60.1. The van der Waals surface area contributed by atoms with E-state index in [0.29, 0.717) is 42.6 Å². The molecule has 6 N–H and O–H groups in total. The standard InChI is InChI=1S/C29H32ClN3OS.C24H28N4OS2.C24H31N3O2S/c1-29(2,15-20-11-12-21-7-3-4-8-22(21)13-20)31-16-27(34)26-18-35-19-33(26)17-24-14-23-9-5-6-10-25(23)32-28(24)30;1-24(2,11-23-27-19-8-3-4-9-22(19)31-23)26-13-21(29)20-15-30-16-28(20)14-18-7-5-6-17(10-18)12-25;1-24(2,13-18-7-11-21(29-4)12-8-18)26-14-23(28)22-16-30-17-27(22)15-19-5-9-20(25-3)10-6-19/h3-14,26-27,31,34H,15-19H2,1-2H3;3-10,20-21,26,29H,11,13-16H2,1-2H3;5-12,22-23,26,28H,13-17H2,1-2,4H3/t26-,27+;20-,21+;22-,23+/m111/s1. The monoisotopic (exact) mass is 1380 g/mol. The summed E-state index contributed by atoms with van der Waals surface area (Å²) < 4.78 is 6.45.